The van der Waals surface area contributed by atoms with Crippen LogP contribution in [0.2, 0.25) is 5.04 Å². The molecule has 2 aromatic rings. The summed E-state index contributed by atoms with van der Waals surface area (Å²) in [6.45, 7) is 10.7. The normalized spacial score (nSPS) is 21.6. The van der Waals surface area contributed by atoms with Crippen molar-refractivity contribution in [1.82, 2.24) is 0 Å². The van der Waals surface area contributed by atoms with E-state index in [0.717, 1.165) is 19.3 Å². The highest BCUT2D eigenvalue weighted by molar-refractivity contribution is 6.99. The molecule has 0 bridgehead atoms. The summed E-state index contributed by atoms with van der Waals surface area (Å²) in [5.74, 6) is -1.26. The van der Waals surface area contributed by atoms with E-state index in [1.54, 1.807) is 6.92 Å². The van der Waals surface area contributed by atoms with Gasteiger partial charge in [-0.1, -0.05) is 81.4 Å². The second kappa shape index (κ2) is 9.68. The Balaban J connectivity index is 1.87. The number of benzene rings is 2. The van der Waals surface area contributed by atoms with Crippen LogP contribution in [0.5, 0.6) is 0 Å². The van der Waals surface area contributed by atoms with Crippen molar-refractivity contribution in [3.8, 4) is 0 Å². The van der Waals surface area contributed by atoms with E-state index >= 15 is 0 Å². The first kappa shape index (κ1) is 23.7. The summed E-state index contributed by atoms with van der Waals surface area (Å²) in [6.07, 6.45) is 2.28. The van der Waals surface area contributed by atoms with Crippen molar-refractivity contribution in [3.05, 3.63) is 60.7 Å². The van der Waals surface area contributed by atoms with Gasteiger partial charge >= 0.3 is 5.97 Å². The molecule has 3 rings (SSSR count). The molecule has 5 heteroatoms. The molecule has 168 valence electrons. The Hall–Kier alpha value is -1.95. The van der Waals surface area contributed by atoms with Crippen LogP contribution in [0.4, 0.5) is 0 Å². The largest absolute Gasteiger partial charge is 0.481 e. The zero-order valence-corrected chi connectivity index (χ0v) is 20.4. The fourth-order valence-electron chi connectivity index (χ4n) is 4.85. The molecule has 1 aliphatic heterocycles. The van der Waals surface area contributed by atoms with Gasteiger partial charge in [-0.25, -0.2) is 0 Å². The molecule has 0 unspecified atom stereocenters. The summed E-state index contributed by atoms with van der Waals surface area (Å²) in [7, 11) is -2.59. The van der Waals surface area contributed by atoms with Crippen molar-refractivity contribution in [2.45, 2.75) is 77.2 Å². The molecule has 0 amide bonds. The molecule has 1 saturated heterocycles. The van der Waals surface area contributed by atoms with E-state index < -0.39 is 20.2 Å². The molecule has 2 aromatic carbocycles. The molecule has 1 fully saturated rings. The number of hydrogen-bond acceptors (Lipinski definition) is 3. The van der Waals surface area contributed by atoms with Gasteiger partial charge in [0, 0.05) is 6.10 Å². The van der Waals surface area contributed by atoms with Crippen LogP contribution in [0.1, 0.15) is 53.9 Å². The number of carboxylic acids is 1. The third-order valence-electron chi connectivity index (χ3n) is 6.48. The lowest BCUT2D eigenvalue weighted by molar-refractivity contribution is -0.146. The van der Waals surface area contributed by atoms with Crippen molar-refractivity contribution >= 4 is 24.7 Å². The van der Waals surface area contributed by atoms with E-state index in [1.807, 2.05) is 0 Å². The van der Waals surface area contributed by atoms with E-state index in [-0.39, 0.29) is 23.4 Å². The number of carboxylic acid groups (broad SMARTS) is 1. The molecule has 0 spiro atoms. The number of aliphatic carboxylic acids is 1. The predicted molar refractivity (Wildman–Crippen MR) is 127 cm³/mol. The Morgan fingerprint density at radius 2 is 1.55 bits per heavy atom. The van der Waals surface area contributed by atoms with Gasteiger partial charge in [-0.3, -0.25) is 4.79 Å². The highest BCUT2D eigenvalue weighted by Crippen LogP contribution is 2.38. The second-order valence-electron chi connectivity index (χ2n) is 9.83. The van der Waals surface area contributed by atoms with Gasteiger partial charge < -0.3 is 14.3 Å². The first-order valence-corrected chi connectivity index (χ1v) is 13.2. The Labute approximate surface area is 187 Å². The average Bonchev–Trinajstić information content (AvgIpc) is 3.20. The van der Waals surface area contributed by atoms with E-state index in [2.05, 4.69) is 88.4 Å². The van der Waals surface area contributed by atoms with E-state index in [9.17, 15) is 9.90 Å². The molecular weight excluding hydrogens is 404 g/mol. The summed E-state index contributed by atoms with van der Waals surface area (Å²) < 4.78 is 13.2. The number of rotatable bonds is 8. The van der Waals surface area contributed by atoms with Crippen molar-refractivity contribution in [1.29, 1.82) is 0 Å². The summed E-state index contributed by atoms with van der Waals surface area (Å²) in [5, 5.41) is 11.8. The second-order valence-corrected chi connectivity index (χ2v) is 14.1. The van der Waals surface area contributed by atoms with E-state index in [0.29, 0.717) is 0 Å². The fraction of sp³-hybridized carbons (Fsp3) is 0.500. The van der Waals surface area contributed by atoms with Crippen LogP contribution in [-0.4, -0.2) is 37.7 Å². The van der Waals surface area contributed by atoms with Crippen LogP contribution in [0.3, 0.4) is 0 Å². The minimum atomic E-state index is -2.59. The minimum absolute atomic E-state index is 0.00446. The Morgan fingerprint density at radius 3 is 2.00 bits per heavy atom. The van der Waals surface area contributed by atoms with Gasteiger partial charge in [-0.2, -0.15) is 0 Å². The molecule has 0 radical (unpaired) electrons. The van der Waals surface area contributed by atoms with Crippen molar-refractivity contribution in [3.63, 3.8) is 0 Å². The number of ether oxygens (including phenoxy) is 1. The maximum Gasteiger partial charge on any atom is 0.308 e. The van der Waals surface area contributed by atoms with Crippen LogP contribution in [-0.2, 0) is 14.0 Å². The van der Waals surface area contributed by atoms with Crippen LogP contribution in [0.15, 0.2) is 60.7 Å². The highest BCUT2D eigenvalue weighted by Gasteiger charge is 2.51. The van der Waals surface area contributed by atoms with Gasteiger partial charge in [0.05, 0.1) is 18.1 Å². The molecule has 1 N–H and O–H groups in total. The third-order valence-corrected chi connectivity index (χ3v) is 11.6. The standard InChI is InChI=1S/C26H36O4Si/c1-19(18-21-16-17-24(29-21)20(2)25(27)28)30-31(26(3,4)5,22-12-8-6-9-13-22)23-14-10-7-11-15-23/h6-15,19-21,24H,16-18H2,1-5H3,(H,27,28)/t19-,20-,21+,24+/m0/s1. The van der Waals surface area contributed by atoms with Crippen LogP contribution >= 0.6 is 0 Å². The molecule has 0 aromatic heterocycles. The van der Waals surface area contributed by atoms with Crippen LogP contribution in [0, 0.1) is 5.92 Å². The van der Waals surface area contributed by atoms with Gasteiger partial charge in [0.2, 0.25) is 0 Å². The predicted octanol–water partition coefficient (Wildman–Crippen LogP) is 4.61. The van der Waals surface area contributed by atoms with Gasteiger partial charge in [-0.05, 0) is 48.5 Å². The van der Waals surface area contributed by atoms with Crippen molar-refractivity contribution < 1.29 is 19.1 Å². The third kappa shape index (κ3) is 5.11. The molecule has 4 atom stereocenters. The SMILES string of the molecule is C[C@H](C(=O)O)[C@H]1CC[C@H](C[C@H](C)O[Si](c2ccccc2)(c2ccccc2)C(C)(C)C)O1. The zero-order valence-electron chi connectivity index (χ0n) is 19.4. The molecular formula is C26H36O4Si. The van der Waals surface area contributed by atoms with Gasteiger partial charge in [0.25, 0.3) is 8.32 Å². The van der Waals surface area contributed by atoms with Crippen LogP contribution < -0.4 is 10.4 Å². The lowest BCUT2D eigenvalue weighted by atomic mass is 10.0. The van der Waals surface area contributed by atoms with E-state index in [4.69, 9.17) is 9.16 Å². The fourth-order valence-corrected chi connectivity index (χ4v) is 9.56. The van der Waals surface area contributed by atoms with Crippen LogP contribution in [0.25, 0.3) is 0 Å². The highest BCUT2D eigenvalue weighted by atomic mass is 28.4. The monoisotopic (exact) mass is 440 g/mol. The molecule has 1 aliphatic rings. The lowest BCUT2D eigenvalue weighted by Gasteiger charge is -2.45. The molecule has 0 aliphatic carbocycles. The first-order chi connectivity index (χ1) is 14.6. The molecule has 1 heterocycles. The maximum atomic E-state index is 11.3. The smallest absolute Gasteiger partial charge is 0.308 e. The van der Waals surface area contributed by atoms with Gasteiger partial charge in [0.15, 0.2) is 0 Å². The summed E-state index contributed by atoms with van der Waals surface area (Å²) >= 11 is 0. The lowest BCUT2D eigenvalue weighted by Crippen LogP contribution is -2.67. The quantitative estimate of drug-likeness (QED) is 0.609. The van der Waals surface area contributed by atoms with Gasteiger partial charge in [0.1, 0.15) is 0 Å². The Kier molecular flexibility index (Phi) is 7.40. The molecule has 31 heavy (non-hydrogen) atoms. The number of carbonyl (C=O) groups is 1. The van der Waals surface area contributed by atoms with Gasteiger partial charge in [-0.15, -0.1) is 0 Å². The summed E-state index contributed by atoms with van der Waals surface area (Å²) in [5.41, 5.74) is 0. The first-order valence-electron chi connectivity index (χ1n) is 11.3. The average molecular weight is 441 g/mol. The Morgan fingerprint density at radius 1 is 1.03 bits per heavy atom. The maximum absolute atomic E-state index is 11.3. The Bertz CT molecular complexity index is 807. The minimum Gasteiger partial charge on any atom is -0.481 e. The summed E-state index contributed by atoms with van der Waals surface area (Å²) in [6, 6.07) is 21.3. The van der Waals surface area contributed by atoms with E-state index in [1.165, 1.54) is 10.4 Å². The summed E-state index contributed by atoms with van der Waals surface area (Å²) in [4.78, 5) is 11.3. The number of hydrogen-bond donors (Lipinski definition) is 1. The van der Waals surface area contributed by atoms with Crippen molar-refractivity contribution in [2.24, 2.45) is 5.92 Å². The molecule has 0 saturated carbocycles. The van der Waals surface area contributed by atoms with Crippen molar-refractivity contribution in [2.75, 3.05) is 0 Å². The topological polar surface area (TPSA) is 55.8 Å². The molecule has 4 nitrogen and oxygen atoms in total. The zero-order chi connectivity index (χ0) is 22.6.